The van der Waals surface area contributed by atoms with E-state index in [0.29, 0.717) is 6.04 Å². The summed E-state index contributed by atoms with van der Waals surface area (Å²) in [7, 11) is 0. The molecule has 0 aliphatic carbocycles. The molecule has 3 rings (SSSR count). The van der Waals surface area contributed by atoms with Crippen LogP contribution < -0.4 is 5.32 Å². The van der Waals surface area contributed by atoms with Gasteiger partial charge in [0.1, 0.15) is 5.82 Å². The smallest absolute Gasteiger partial charge is 0.123 e. The zero-order chi connectivity index (χ0) is 14.7. The van der Waals surface area contributed by atoms with Gasteiger partial charge in [-0.05, 0) is 50.3 Å². The molecule has 116 valence electrons. The third kappa shape index (κ3) is 3.62. The van der Waals surface area contributed by atoms with Gasteiger partial charge in [0, 0.05) is 31.9 Å². The second-order valence-electron chi connectivity index (χ2n) is 6.28. The topological polar surface area (TPSA) is 30.5 Å². The number of halogens is 1. The second-order valence-corrected chi connectivity index (χ2v) is 6.28. The van der Waals surface area contributed by atoms with Crippen LogP contribution in [0.2, 0.25) is 0 Å². The highest BCUT2D eigenvalue weighted by molar-refractivity contribution is 5.19. The van der Waals surface area contributed by atoms with E-state index in [9.17, 15) is 4.39 Å². The maximum Gasteiger partial charge on any atom is 0.123 e. The van der Waals surface area contributed by atoms with Gasteiger partial charge in [0.25, 0.3) is 0 Å². The Morgan fingerprint density at radius 1 is 1.29 bits per heavy atom. The van der Waals surface area contributed by atoms with Crippen LogP contribution in [0.5, 0.6) is 0 Å². The maximum atomic E-state index is 13.3. The van der Waals surface area contributed by atoms with Crippen LogP contribution in [0.25, 0.3) is 0 Å². The maximum absolute atomic E-state index is 13.3. The summed E-state index contributed by atoms with van der Waals surface area (Å²) < 4.78 is 24.8. The average molecular weight is 293 g/mol. The van der Waals surface area contributed by atoms with Crippen LogP contribution in [0.4, 0.5) is 4.39 Å². The molecule has 2 unspecified atom stereocenters. The molecule has 2 aliphatic heterocycles. The lowest BCUT2D eigenvalue weighted by atomic mass is 9.83. The summed E-state index contributed by atoms with van der Waals surface area (Å²) in [5.41, 5.74) is 0.998. The van der Waals surface area contributed by atoms with Crippen molar-refractivity contribution in [3.63, 3.8) is 0 Å². The lowest BCUT2D eigenvalue weighted by Crippen LogP contribution is -2.50. The van der Waals surface area contributed by atoms with Gasteiger partial charge in [-0.15, -0.1) is 0 Å². The lowest BCUT2D eigenvalue weighted by molar-refractivity contribution is -0.140. The van der Waals surface area contributed by atoms with E-state index >= 15 is 0 Å². The van der Waals surface area contributed by atoms with Crippen molar-refractivity contribution in [1.82, 2.24) is 5.32 Å². The van der Waals surface area contributed by atoms with Gasteiger partial charge in [-0.3, -0.25) is 0 Å². The Morgan fingerprint density at radius 3 is 2.86 bits per heavy atom. The van der Waals surface area contributed by atoms with E-state index in [1.807, 2.05) is 6.07 Å². The molecule has 0 amide bonds. The predicted octanol–water partition coefficient (Wildman–Crippen LogP) is 3.20. The van der Waals surface area contributed by atoms with Crippen LogP contribution in [-0.2, 0) is 9.47 Å². The Labute approximate surface area is 125 Å². The SMILES string of the molecule is CC(NC1CCOC2(CCOCC2)C1)c1cccc(F)c1. The highest BCUT2D eigenvalue weighted by Gasteiger charge is 2.39. The van der Waals surface area contributed by atoms with Crippen molar-refractivity contribution >= 4 is 0 Å². The molecule has 0 radical (unpaired) electrons. The Morgan fingerprint density at radius 2 is 2.10 bits per heavy atom. The number of hydrogen-bond acceptors (Lipinski definition) is 3. The van der Waals surface area contributed by atoms with E-state index in [-0.39, 0.29) is 17.5 Å². The fourth-order valence-corrected chi connectivity index (χ4v) is 3.49. The molecule has 4 heteroatoms. The van der Waals surface area contributed by atoms with Gasteiger partial charge in [0.2, 0.25) is 0 Å². The largest absolute Gasteiger partial charge is 0.381 e. The highest BCUT2D eigenvalue weighted by atomic mass is 19.1. The number of hydrogen-bond donors (Lipinski definition) is 1. The molecule has 2 aliphatic rings. The van der Waals surface area contributed by atoms with Crippen LogP contribution in [0.1, 0.15) is 44.2 Å². The molecule has 2 fully saturated rings. The molecular formula is C17H24FNO2. The van der Waals surface area contributed by atoms with Crippen molar-refractivity contribution in [3.05, 3.63) is 35.6 Å². The molecule has 2 heterocycles. The quantitative estimate of drug-likeness (QED) is 0.928. The number of rotatable bonds is 3. The van der Waals surface area contributed by atoms with Crippen molar-refractivity contribution in [2.24, 2.45) is 0 Å². The van der Waals surface area contributed by atoms with Gasteiger partial charge in [-0.2, -0.15) is 0 Å². The third-order valence-electron chi connectivity index (χ3n) is 4.73. The minimum absolute atomic E-state index is 0.00414. The van der Waals surface area contributed by atoms with E-state index in [1.165, 1.54) is 6.07 Å². The molecule has 1 aromatic rings. The normalized spacial score (nSPS) is 26.7. The van der Waals surface area contributed by atoms with Gasteiger partial charge in [-0.25, -0.2) is 4.39 Å². The lowest BCUT2D eigenvalue weighted by Gasteiger charge is -2.44. The van der Waals surface area contributed by atoms with Crippen molar-refractivity contribution in [1.29, 1.82) is 0 Å². The van der Waals surface area contributed by atoms with Crippen LogP contribution in [0, 0.1) is 5.82 Å². The molecule has 0 aromatic heterocycles. The molecule has 1 spiro atoms. The summed E-state index contributed by atoms with van der Waals surface area (Å²) in [6, 6.07) is 7.43. The molecular weight excluding hydrogens is 269 g/mol. The highest BCUT2D eigenvalue weighted by Crippen LogP contribution is 2.35. The Kier molecular flexibility index (Phi) is 4.57. The monoisotopic (exact) mass is 293 g/mol. The van der Waals surface area contributed by atoms with Crippen LogP contribution >= 0.6 is 0 Å². The van der Waals surface area contributed by atoms with Gasteiger partial charge in [0.15, 0.2) is 0 Å². The second kappa shape index (κ2) is 6.42. The summed E-state index contributed by atoms with van der Waals surface area (Å²) in [4.78, 5) is 0. The summed E-state index contributed by atoms with van der Waals surface area (Å²) in [6.45, 7) is 4.49. The summed E-state index contributed by atoms with van der Waals surface area (Å²) in [6.07, 6.45) is 4.01. The van der Waals surface area contributed by atoms with Crippen molar-refractivity contribution in [2.75, 3.05) is 19.8 Å². The molecule has 21 heavy (non-hydrogen) atoms. The van der Waals surface area contributed by atoms with E-state index in [2.05, 4.69) is 12.2 Å². The van der Waals surface area contributed by atoms with Crippen molar-refractivity contribution in [3.8, 4) is 0 Å². The molecule has 1 aromatic carbocycles. The van der Waals surface area contributed by atoms with E-state index in [0.717, 1.165) is 51.1 Å². The predicted molar refractivity (Wildman–Crippen MR) is 79.7 cm³/mol. The first kappa shape index (κ1) is 14.9. The van der Waals surface area contributed by atoms with Gasteiger partial charge in [-0.1, -0.05) is 12.1 Å². The van der Waals surface area contributed by atoms with E-state index in [4.69, 9.17) is 9.47 Å². The Balaban J connectivity index is 1.61. The fourth-order valence-electron chi connectivity index (χ4n) is 3.49. The molecule has 0 bridgehead atoms. The minimum atomic E-state index is -0.172. The van der Waals surface area contributed by atoms with E-state index in [1.54, 1.807) is 12.1 Å². The zero-order valence-electron chi connectivity index (χ0n) is 12.6. The van der Waals surface area contributed by atoms with Gasteiger partial charge >= 0.3 is 0 Å². The molecule has 2 atom stereocenters. The summed E-state index contributed by atoms with van der Waals surface area (Å²) >= 11 is 0. The fraction of sp³-hybridized carbons (Fsp3) is 0.647. The number of benzene rings is 1. The minimum Gasteiger partial charge on any atom is -0.381 e. The summed E-state index contributed by atoms with van der Waals surface area (Å²) in [5, 5.41) is 3.65. The van der Waals surface area contributed by atoms with Gasteiger partial charge in [0.05, 0.1) is 5.60 Å². The Hall–Kier alpha value is -0.970. The molecule has 0 saturated carbocycles. The number of nitrogens with one attached hydrogen (secondary N) is 1. The Bertz CT molecular complexity index is 468. The first-order valence-electron chi connectivity index (χ1n) is 7.90. The first-order chi connectivity index (χ1) is 10.2. The van der Waals surface area contributed by atoms with Crippen molar-refractivity contribution < 1.29 is 13.9 Å². The first-order valence-corrected chi connectivity index (χ1v) is 7.90. The zero-order valence-corrected chi connectivity index (χ0v) is 12.6. The standard InChI is InChI=1S/C17H24FNO2/c1-13(14-3-2-4-15(18)11-14)19-16-5-8-21-17(12-16)6-9-20-10-7-17/h2-4,11,13,16,19H,5-10,12H2,1H3. The van der Waals surface area contributed by atoms with E-state index < -0.39 is 0 Å². The van der Waals surface area contributed by atoms with Crippen LogP contribution in [-0.4, -0.2) is 31.5 Å². The molecule has 3 nitrogen and oxygen atoms in total. The average Bonchev–Trinajstić information content (AvgIpc) is 2.48. The van der Waals surface area contributed by atoms with Gasteiger partial charge < -0.3 is 14.8 Å². The third-order valence-corrected chi connectivity index (χ3v) is 4.73. The molecule has 2 saturated heterocycles. The molecule has 1 N–H and O–H groups in total. The van der Waals surface area contributed by atoms with Crippen LogP contribution in [0.15, 0.2) is 24.3 Å². The number of ether oxygens (including phenoxy) is 2. The van der Waals surface area contributed by atoms with Crippen LogP contribution in [0.3, 0.4) is 0 Å². The van der Waals surface area contributed by atoms with Crippen molar-refractivity contribution in [2.45, 2.75) is 50.3 Å². The summed E-state index contributed by atoms with van der Waals surface area (Å²) in [5.74, 6) is -0.172.